The maximum absolute atomic E-state index is 3.77. The van der Waals surface area contributed by atoms with Gasteiger partial charge in [-0.3, -0.25) is 0 Å². The van der Waals surface area contributed by atoms with Crippen molar-refractivity contribution < 1.29 is 0 Å². The standard InChI is InChI=1S/C14H20/c1-3-8-13(2)9-7-12-14-10-5-4-6-11-14/h3-6,10-11,13H,1,7-9,12H2,2H3. The summed E-state index contributed by atoms with van der Waals surface area (Å²) in [6, 6.07) is 10.7. The van der Waals surface area contributed by atoms with E-state index in [2.05, 4.69) is 43.8 Å². The third-order valence-electron chi connectivity index (χ3n) is 2.57. The number of aryl methyl sites for hydroxylation is 1. The number of benzene rings is 1. The average Bonchev–Trinajstić information content (AvgIpc) is 2.20. The van der Waals surface area contributed by atoms with E-state index in [1.54, 1.807) is 0 Å². The fourth-order valence-corrected chi connectivity index (χ4v) is 1.70. The second-order valence-corrected chi connectivity index (χ2v) is 4.01. The van der Waals surface area contributed by atoms with Crippen molar-refractivity contribution in [3.8, 4) is 0 Å². The minimum absolute atomic E-state index is 0.788. The van der Waals surface area contributed by atoms with Gasteiger partial charge in [0.1, 0.15) is 0 Å². The van der Waals surface area contributed by atoms with E-state index in [9.17, 15) is 0 Å². The quantitative estimate of drug-likeness (QED) is 0.586. The zero-order valence-electron chi connectivity index (χ0n) is 9.08. The predicted molar refractivity (Wildman–Crippen MR) is 63.4 cm³/mol. The molecule has 0 heterocycles. The van der Waals surface area contributed by atoms with E-state index in [0.29, 0.717) is 0 Å². The molecular formula is C14H20. The van der Waals surface area contributed by atoms with Gasteiger partial charge in [-0.15, -0.1) is 6.58 Å². The fraction of sp³-hybridized carbons (Fsp3) is 0.429. The summed E-state index contributed by atoms with van der Waals surface area (Å²) in [4.78, 5) is 0. The monoisotopic (exact) mass is 188 g/mol. The normalized spacial score (nSPS) is 12.4. The second kappa shape index (κ2) is 6.42. The highest BCUT2D eigenvalue weighted by atomic mass is 14.0. The van der Waals surface area contributed by atoms with Crippen molar-refractivity contribution in [2.24, 2.45) is 5.92 Å². The Kier molecular flexibility index (Phi) is 5.06. The van der Waals surface area contributed by atoms with Crippen LogP contribution in [0.2, 0.25) is 0 Å². The first kappa shape index (κ1) is 11.0. The topological polar surface area (TPSA) is 0 Å². The minimum atomic E-state index is 0.788. The van der Waals surface area contributed by atoms with E-state index in [-0.39, 0.29) is 0 Å². The first-order valence-corrected chi connectivity index (χ1v) is 5.47. The molecule has 0 N–H and O–H groups in total. The molecule has 0 aromatic heterocycles. The third-order valence-corrected chi connectivity index (χ3v) is 2.57. The molecule has 14 heavy (non-hydrogen) atoms. The lowest BCUT2D eigenvalue weighted by atomic mass is 9.98. The summed E-state index contributed by atoms with van der Waals surface area (Å²) in [6.45, 7) is 6.07. The lowest BCUT2D eigenvalue weighted by molar-refractivity contribution is 0.517. The molecule has 1 aromatic rings. The zero-order valence-corrected chi connectivity index (χ0v) is 9.08. The van der Waals surface area contributed by atoms with Gasteiger partial charge in [0.2, 0.25) is 0 Å². The number of allylic oxidation sites excluding steroid dienone is 1. The van der Waals surface area contributed by atoms with E-state index in [1.165, 1.54) is 24.8 Å². The molecule has 0 spiro atoms. The Bertz CT molecular complexity index is 248. The molecule has 0 nitrogen and oxygen atoms in total. The molecule has 0 amide bonds. The highest BCUT2D eigenvalue weighted by Crippen LogP contribution is 2.13. The van der Waals surface area contributed by atoms with Crippen LogP contribution < -0.4 is 0 Å². The predicted octanol–water partition coefficient (Wildman–Crippen LogP) is 4.22. The summed E-state index contributed by atoms with van der Waals surface area (Å²) in [5, 5.41) is 0. The average molecular weight is 188 g/mol. The van der Waals surface area contributed by atoms with Gasteiger partial charge < -0.3 is 0 Å². The molecule has 1 atom stereocenters. The van der Waals surface area contributed by atoms with Crippen LogP contribution in [-0.2, 0) is 6.42 Å². The van der Waals surface area contributed by atoms with Crippen LogP contribution in [0.1, 0.15) is 31.7 Å². The highest BCUT2D eigenvalue weighted by molar-refractivity contribution is 5.14. The highest BCUT2D eigenvalue weighted by Gasteiger charge is 1.99. The molecule has 0 heteroatoms. The number of hydrogen-bond acceptors (Lipinski definition) is 0. The summed E-state index contributed by atoms with van der Waals surface area (Å²) in [6.07, 6.45) is 6.98. The van der Waals surface area contributed by atoms with E-state index in [1.807, 2.05) is 6.08 Å². The molecule has 1 aromatic carbocycles. The van der Waals surface area contributed by atoms with E-state index in [0.717, 1.165) is 12.3 Å². The van der Waals surface area contributed by atoms with Gasteiger partial charge in [0.15, 0.2) is 0 Å². The lowest BCUT2D eigenvalue weighted by Crippen LogP contribution is -1.94. The lowest BCUT2D eigenvalue weighted by Gasteiger charge is -2.07. The summed E-state index contributed by atoms with van der Waals surface area (Å²) in [5.41, 5.74) is 1.46. The van der Waals surface area contributed by atoms with Crippen molar-refractivity contribution in [3.05, 3.63) is 48.6 Å². The molecule has 76 valence electrons. The van der Waals surface area contributed by atoms with E-state index in [4.69, 9.17) is 0 Å². The fourth-order valence-electron chi connectivity index (χ4n) is 1.70. The molecular weight excluding hydrogens is 168 g/mol. The van der Waals surface area contributed by atoms with Gasteiger partial charge in [-0.25, -0.2) is 0 Å². The van der Waals surface area contributed by atoms with Gasteiger partial charge >= 0.3 is 0 Å². The smallest absolute Gasteiger partial charge is 0.0279 e. The van der Waals surface area contributed by atoms with E-state index < -0.39 is 0 Å². The van der Waals surface area contributed by atoms with Crippen LogP contribution in [0.15, 0.2) is 43.0 Å². The first-order chi connectivity index (χ1) is 6.83. The Morgan fingerprint density at radius 1 is 1.29 bits per heavy atom. The van der Waals surface area contributed by atoms with Gasteiger partial charge in [0.05, 0.1) is 0 Å². The van der Waals surface area contributed by atoms with Crippen molar-refractivity contribution in [2.45, 2.75) is 32.6 Å². The molecule has 0 aliphatic carbocycles. The summed E-state index contributed by atoms with van der Waals surface area (Å²) >= 11 is 0. The molecule has 0 aliphatic rings. The Hall–Kier alpha value is -1.04. The maximum atomic E-state index is 3.77. The summed E-state index contributed by atoms with van der Waals surface area (Å²) < 4.78 is 0. The molecule has 0 aliphatic heterocycles. The SMILES string of the molecule is C=CCC(C)CCCc1ccccc1. The third kappa shape index (κ3) is 4.27. The van der Waals surface area contributed by atoms with Crippen LogP contribution in [0.3, 0.4) is 0 Å². The van der Waals surface area contributed by atoms with Crippen molar-refractivity contribution in [2.75, 3.05) is 0 Å². The molecule has 0 saturated heterocycles. The van der Waals surface area contributed by atoms with Crippen molar-refractivity contribution >= 4 is 0 Å². The zero-order chi connectivity index (χ0) is 10.2. The van der Waals surface area contributed by atoms with Crippen LogP contribution in [0.25, 0.3) is 0 Å². The van der Waals surface area contributed by atoms with Crippen molar-refractivity contribution in [3.63, 3.8) is 0 Å². The van der Waals surface area contributed by atoms with Gasteiger partial charge in [0, 0.05) is 0 Å². The minimum Gasteiger partial charge on any atom is -0.103 e. The molecule has 1 rings (SSSR count). The van der Waals surface area contributed by atoms with Crippen LogP contribution in [-0.4, -0.2) is 0 Å². The molecule has 0 radical (unpaired) electrons. The Morgan fingerprint density at radius 3 is 2.64 bits per heavy atom. The summed E-state index contributed by atoms with van der Waals surface area (Å²) in [7, 11) is 0. The second-order valence-electron chi connectivity index (χ2n) is 4.01. The van der Waals surface area contributed by atoms with Crippen molar-refractivity contribution in [1.29, 1.82) is 0 Å². The van der Waals surface area contributed by atoms with Crippen LogP contribution in [0.4, 0.5) is 0 Å². The number of rotatable bonds is 6. The van der Waals surface area contributed by atoms with Gasteiger partial charge in [-0.2, -0.15) is 0 Å². The Balaban J connectivity index is 2.18. The maximum Gasteiger partial charge on any atom is -0.0279 e. The van der Waals surface area contributed by atoms with E-state index >= 15 is 0 Å². The largest absolute Gasteiger partial charge is 0.103 e. The van der Waals surface area contributed by atoms with Crippen LogP contribution in [0, 0.1) is 5.92 Å². The van der Waals surface area contributed by atoms with Gasteiger partial charge in [0.25, 0.3) is 0 Å². The molecule has 0 bridgehead atoms. The molecule has 0 fully saturated rings. The van der Waals surface area contributed by atoms with Gasteiger partial charge in [-0.05, 0) is 30.7 Å². The molecule has 1 unspecified atom stereocenters. The van der Waals surface area contributed by atoms with Crippen molar-refractivity contribution in [1.82, 2.24) is 0 Å². The Morgan fingerprint density at radius 2 is 2.00 bits per heavy atom. The van der Waals surface area contributed by atoms with Crippen LogP contribution in [0.5, 0.6) is 0 Å². The van der Waals surface area contributed by atoms with Crippen LogP contribution >= 0.6 is 0 Å². The van der Waals surface area contributed by atoms with Gasteiger partial charge in [-0.1, -0.05) is 49.8 Å². The molecule has 0 saturated carbocycles. The Labute approximate surface area is 87.7 Å². The number of hydrogen-bond donors (Lipinski definition) is 0. The summed E-state index contributed by atoms with van der Waals surface area (Å²) in [5.74, 6) is 0.788. The first-order valence-electron chi connectivity index (χ1n) is 5.47.